The van der Waals surface area contributed by atoms with Crippen LogP contribution in [-0.2, 0) is 55.8 Å². The second kappa shape index (κ2) is 87.8. The van der Waals surface area contributed by atoms with E-state index >= 15 is 0 Å². The zero-order valence-corrected chi connectivity index (χ0v) is 74.3. The summed E-state index contributed by atoms with van der Waals surface area (Å²) in [6, 6.07) is 0. The second-order valence-corrected chi connectivity index (χ2v) is 34.4. The molecule has 18 heteroatoms. The Kier molecular flexibility index (Phi) is 85.0. The van der Waals surface area contributed by atoms with Gasteiger partial charge in [-0.2, -0.15) is 0 Å². The van der Waals surface area contributed by atoms with E-state index in [4.69, 9.17) is 32.3 Å². The lowest BCUT2D eigenvalue weighted by molar-refractivity contribution is -0.161. The smallest absolute Gasteiger partial charge is 0.463 e. The summed E-state index contributed by atoms with van der Waals surface area (Å²) < 4.78 is 61.4. The second-order valence-electron chi connectivity index (χ2n) is 31.5. The van der Waals surface area contributed by atoms with Crippen LogP contribution in [0.1, 0.15) is 432 Å². The monoisotopic (exact) mass is 1630 g/mol. The van der Waals surface area contributed by atoms with Gasteiger partial charge in [0.05, 0.1) is 26.4 Å². The highest BCUT2D eigenvalue weighted by Crippen LogP contribution is 2.45. The molecular weight excluding hydrogens is 1460 g/mol. The summed E-state index contributed by atoms with van der Waals surface area (Å²) >= 11 is 0. The molecule has 0 heterocycles. The van der Waals surface area contributed by atoms with E-state index in [1.54, 1.807) is 0 Å². The number of carbonyl (C=O) groups is 3. The highest BCUT2D eigenvalue weighted by Gasteiger charge is 2.30. The van der Waals surface area contributed by atoms with Gasteiger partial charge in [0.25, 0.3) is 0 Å². The van der Waals surface area contributed by atoms with Crippen LogP contribution >= 0.6 is 15.6 Å². The first-order chi connectivity index (χ1) is 55.2. The molecule has 0 aliphatic carbocycles. The fourth-order valence-electron chi connectivity index (χ4n) is 13.2. The number of phosphoric acid groups is 2. The van der Waals surface area contributed by atoms with Gasteiger partial charge in [0.15, 0.2) is 6.10 Å². The number of hydrogen-bond acceptors (Lipinski definition) is 14. The van der Waals surface area contributed by atoms with E-state index in [2.05, 4.69) is 118 Å². The van der Waals surface area contributed by atoms with Crippen LogP contribution in [0.5, 0.6) is 0 Å². The van der Waals surface area contributed by atoms with E-state index in [0.29, 0.717) is 19.3 Å². The van der Waals surface area contributed by atoms with Crippen LogP contribution in [0.15, 0.2) is 97.2 Å². The Morgan fingerprint density at radius 3 is 0.717 bits per heavy atom. The largest absolute Gasteiger partial charge is 0.472 e. The van der Waals surface area contributed by atoms with Crippen LogP contribution in [0.3, 0.4) is 0 Å². The van der Waals surface area contributed by atoms with E-state index in [1.165, 1.54) is 257 Å². The maximum Gasteiger partial charge on any atom is 0.472 e. The summed E-state index contributed by atoms with van der Waals surface area (Å²) in [6.45, 7) is 2.71. The first-order valence-electron chi connectivity index (χ1n) is 46.5. The van der Waals surface area contributed by atoms with Crippen LogP contribution in [0.2, 0.25) is 0 Å². The highest BCUT2D eigenvalue weighted by atomic mass is 31.2. The minimum absolute atomic E-state index is 0.109. The molecule has 0 rings (SSSR count). The van der Waals surface area contributed by atoms with E-state index in [1.807, 2.05) is 0 Å². The van der Waals surface area contributed by atoms with Gasteiger partial charge in [-0.05, 0) is 109 Å². The average molecular weight is 1630 g/mol. The van der Waals surface area contributed by atoms with Crippen LogP contribution < -0.4 is 0 Å². The minimum Gasteiger partial charge on any atom is -0.463 e. The molecule has 16 nitrogen and oxygen atoms in total. The number of carbonyl (C=O) groups excluding carboxylic acids is 3. The Bertz CT molecular complexity index is 2440. The molecule has 0 spiro atoms. The third kappa shape index (κ3) is 89.1. The van der Waals surface area contributed by atoms with Gasteiger partial charge in [0, 0.05) is 19.3 Å². The summed E-state index contributed by atoms with van der Waals surface area (Å²) in [4.78, 5) is 58.9. The molecule has 0 aromatic heterocycles. The van der Waals surface area contributed by atoms with E-state index < -0.39 is 91.5 Å². The maximum absolute atomic E-state index is 13.0. The molecule has 0 saturated heterocycles. The van der Waals surface area contributed by atoms with Crippen LogP contribution in [-0.4, -0.2) is 95.9 Å². The van der Waals surface area contributed by atoms with Crippen molar-refractivity contribution in [1.82, 2.24) is 0 Å². The summed E-state index contributed by atoms with van der Waals surface area (Å²) in [5.74, 6) is -1.55. The molecule has 0 aromatic rings. The number of aliphatic hydroxyl groups excluding tert-OH is 2. The first kappa shape index (κ1) is 109. The number of unbranched alkanes of at least 4 members (excludes halogenated alkanes) is 50. The molecule has 5 atom stereocenters. The van der Waals surface area contributed by atoms with E-state index in [0.717, 1.165) is 116 Å². The number of hydrogen-bond donors (Lipinski definition) is 4. The van der Waals surface area contributed by atoms with E-state index in [9.17, 15) is 43.5 Å². The molecule has 0 bridgehead atoms. The molecule has 0 aliphatic rings. The number of esters is 3. The minimum atomic E-state index is -4.93. The predicted octanol–water partition coefficient (Wildman–Crippen LogP) is 28.4. The first-order valence-corrected chi connectivity index (χ1v) is 49.5. The Morgan fingerprint density at radius 2 is 0.442 bits per heavy atom. The normalized spacial score (nSPS) is 14.2. The van der Waals surface area contributed by atoms with Crippen LogP contribution in [0.25, 0.3) is 0 Å². The van der Waals surface area contributed by atoms with E-state index in [-0.39, 0.29) is 19.3 Å². The van der Waals surface area contributed by atoms with Gasteiger partial charge >= 0.3 is 33.6 Å². The van der Waals surface area contributed by atoms with Crippen molar-refractivity contribution in [3.8, 4) is 0 Å². The SMILES string of the molecule is CCCCC/C=C\C/C=C\C/C=C\C/C=C\CCCCCCCCCCCCCCCCCCCCCC(=O)OCC(O)COP(=O)(O)OCC(O)COP(=O)(O)OCC(COC(=O)CCCCCCCCCCCCC/C=C\C/C=C\C/C=C\C/C=C\CCCCC)OC(=O)CCCCCCCCCCCCCCCCC. The molecule has 0 aromatic carbocycles. The third-order valence-electron chi connectivity index (χ3n) is 20.3. The molecule has 0 saturated carbocycles. The van der Waals surface area contributed by atoms with Gasteiger partial charge in [-0.3, -0.25) is 32.5 Å². The lowest BCUT2D eigenvalue weighted by Gasteiger charge is -2.21. The Labute approximate surface area is 692 Å². The van der Waals surface area contributed by atoms with Crippen molar-refractivity contribution in [2.45, 2.75) is 450 Å². The molecule has 658 valence electrons. The summed E-state index contributed by atoms with van der Waals surface area (Å²) in [6.07, 6.45) is 105. The number of phosphoric ester groups is 2. The van der Waals surface area contributed by atoms with Crippen molar-refractivity contribution in [2.24, 2.45) is 0 Å². The highest BCUT2D eigenvalue weighted by molar-refractivity contribution is 7.47. The van der Waals surface area contributed by atoms with Gasteiger partial charge in [-0.1, -0.05) is 401 Å². The standard InChI is InChI=1S/C95H172O16P2/c1-4-7-10-13-16-19-22-25-28-30-32-34-36-38-40-41-42-43-44-45-46-47-49-51-52-54-56-58-61-63-66-69-72-75-78-81-93(98)105-84-90(96)85-107-112(101,102)108-86-91(97)87-109-113(103,104)110-89-92(111-95(100)83-80-77-74-71-68-65-60-27-24-21-18-15-12-9-6-3)88-106-94(99)82-79-76-73-70-67-64-62-59-57-55-53-50-48-39-37-35-33-31-29-26-23-20-17-14-11-8-5-2/h16-17,19-20,25-26,28-29,32-35,38-40,48,90-92,96-97H,4-15,18,21-24,27,30-31,36-37,41-47,49-89H2,1-3H3,(H,101,102)(H,103,104)/b19-16-,20-17-,28-25-,29-26-,34-32-,35-33-,40-38-,48-39-. The lowest BCUT2D eigenvalue weighted by Crippen LogP contribution is -2.30. The Hall–Kier alpha value is -3.53. The molecule has 4 N–H and O–H groups in total. The molecule has 0 radical (unpaired) electrons. The third-order valence-corrected chi connectivity index (χ3v) is 22.2. The van der Waals surface area contributed by atoms with Gasteiger partial charge in [0.2, 0.25) is 0 Å². The maximum atomic E-state index is 13.0. The number of allylic oxidation sites excluding steroid dienone is 16. The van der Waals surface area contributed by atoms with Crippen LogP contribution in [0, 0.1) is 0 Å². The quantitative estimate of drug-likeness (QED) is 0.0146. The zero-order valence-electron chi connectivity index (χ0n) is 72.5. The number of rotatable bonds is 89. The summed E-state index contributed by atoms with van der Waals surface area (Å²) in [5.41, 5.74) is 0. The molecule has 0 amide bonds. The summed E-state index contributed by atoms with van der Waals surface area (Å²) in [5, 5.41) is 20.7. The zero-order chi connectivity index (χ0) is 82.2. The van der Waals surface area contributed by atoms with Crippen molar-refractivity contribution in [1.29, 1.82) is 0 Å². The Morgan fingerprint density at radius 1 is 0.248 bits per heavy atom. The van der Waals surface area contributed by atoms with Gasteiger partial charge < -0.3 is 34.2 Å². The number of aliphatic hydroxyl groups is 2. The van der Waals surface area contributed by atoms with Gasteiger partial charge in [0.1, 0.15) is 25.4 Å². The Balaban J connectivity index is 4.40. The predicted molar refractivity (Wildman–Crippen MR) is 473 cm³/mol. The van der Waals surface area contributed by atoms with Crippen molar-refractivity contribution >= 4 is 33.6 Å². The van der Waals surface area contributed by atoms with Crippen molar-refractivity contribution in [3.63, 3.8) is 0 Å². The van der Waals surface area contributed by atoms with Crippen LogP contribution in [0.4, 0.5) is 0 Å². The van der Waals surface area contributed by atoms with Gasteiger partial charge in [-0.15, -0.1) is 0 Å². The molecule has 0 fully saturated rings. The molecule has 5 unspecified atom stereocenters. The fourth-order valence-corrected chi connectivity index (χ4v) is 14.8. The van der Waals surface area contributed by atoms with Gasteiger partial charge in [-0.25, -0.2) is 9.13 Å². The van der Waals surface area contributed by atoms with Crippen molar-refractivity contribution in [2.75, 3.05) is 39.6 Å². The summed E-state index contributed by atoms with van der Waals surface area (Å²) in [7, 11) is -9.79. The lowest BCUT2D eigenvalue weighted by atomic mass is 10.0. The van der Waals surface area contributed by atoms with Crippen molar-refractivity contribution in [3.05, 3.63) is 97.2 Å². The fraction of sp³-hybridized carbons (Fsp3) is 0.800. The average Bonchev–Trinajstić information content (AvgIpc) is 0.904. The molecule has 113 heavy (non-hydrogen) atoms. The molecular formula is C95H172O16P2. The van der Waals surface area contributed by atoms with Crippen molar-refractivity contribution < 1.29 is 75.8 Å². The number of ether oxygens (including phenoxy) is 3. The molecule has 0 aliphatic heterocycles. The topological polar surface area (TPSA) is 231 Å².